The summed E-state index contributed by atoms with van der Waals surface area (Å²) in [6.07, 6.45) is 1.46. The highest BCUT2D eigenvalue weighted by Gasteiger charge is 2.28. The number of carbonyl (C=O) groups is 1. The molecule has 1 aliphatic rings. The third-order valence-corrected chi connectivity index (χ3v) is 5.70. The number of aliphatic hydroxyl groups is 1. The second kappa shape index (κ2) is 7.69. The summed E-state index contributed by atoms with van der Waals surface area (Å²) in [5, 5.41) is 13.0. The van der Waals surface area contributed by atoms with Gasteiger partial charge in [0.2, 0.25) is 0 Å². The number of nitrogens with one attached hydrogen (secondary N) is 1. The van der Waals surface area contributed by atoms with Crippen LogP contribution in [-0.4, -0.2) is 29.0 Å². The Morgan fingerprint density at radius 2 is 1.67 bits per heavy atom. The van der Waals surface area contributed by atoms with Gasteiger partial charge in [0.1, 0.15) is 6.61 Å². The Kier molecular flexibility index (Phi) is 4.73. The van der Waals surface area contributed by atoms with Crippen molar-refractivity contribution in [2.24, 2.45) is 0 Å². The van der Waals surface area contributed by atoms with E-state index in [1.807, 2.05) is 59.3 Å². The van der Waals surface area contributed by atoms with Crippen molar-refractivity contribution in [2.45, 2.75) is 12.5 Å². The van der Waals surface area contributed by atoms with Crippen LogP contribution in [0, 0.1) is 0 Å². The molecule has 0 saturated heterocycles. The van der Waals surface area contributed by atoms with Gasteiger partial charge in [-0.1, -0.05) is 48.5 Å². The first-order chi connectivity index (χ1) is 14.7. The first-order valence-electron chi connectivity index (χ1n) is 10.1. The zero-order valence-electron chi connectivity index (χ0n) is 16.4. The molecule has 4 aromatic rings. The first-order valence-corrected chi connectivity index (χ1v) is 10.1. The van der Waals surface area contributed by atoms with E-state index in [9.17, 15) is 4.79 Å². The van der Waals surface area contributed by atoms with E-state index in [-0.39, 0.29) is 19.1 Å². The van der Waals surface area contributed by atoms with Gasteiger partial charge >= 0.3 is 6.09 Å². The zero-order chi connectivity index (χ0) is 20.5. The number of carbonyl (C=O) groups excluding carboxylic acids is 1. The lowest BCUT2D eigenvalue weighted by Gasteiger charge is -2.14. The van der Waals surface area contributed by atoms with Crippen LogP contribution >= 0.6 is 0 Å². The molecule has 0 saturated carbocycles. The molecule has 0 spiro atoms. The van der Waals surface area contributed by atoms with Gasteiger partial charge in [-0.25, -0.2) is 4.79 Å². The number of aliphatic hydroxyl groups excluding tert-OH is 1. The van der Waals surface area contributed by atoms with Crippen molar-refractivity contribution >= 4 is 22.7 Å². The lowest BCUT2D eigenvalue weighted by molar-refractivity contribution is 0.158. The van der Waals surface area contributed by atoms with Crippen LogP contribution in [0.1, 0.15) is 17.0 Å². The Morgan fingerprint density at radius 3 is 2.37 bits per heavy atom. The fourth-order valence-electron chi connectivity index (χ4n) is 4.33. The van der Waals surface area contributed by atoms with Crippen LogP contribution < -0.4 is 5.32 Å². The van der Waals surface area contributed by atoms with Crippen LogP contribution in [0.5, 0.6) is 0 Å². The number of amides is 1. The summed E-state index contributed by atoms with van der Waals surface area (Å²) in [7, 11) is 0. The molecule has 0 atom stereocenters. The van der Waals surface area contributed by atoms with Gasteiger partial charge in [-0.05, 0) is 46.5 Å². The van der Waals surface area contributed by atoms with E-state index in [1.54, 1.807) is 0 Å². The van der Waals surface area contributed by atoms with Gasteiger partial charge in [0, 0.05) is 35.2 Å². The molecule has 1 amide bonds. The summed E-state index contributed by atoms with van der Waals surface area (Å²) in [6.45, 7) is 0.918. The fourth-order valence-corrected chi connectivity index (χ4v) is 4.33. The van der Waals surface area contributed by atoms with Gasteiger partial charge in [-0.2, -0.15) is 0 Å². The van der Waals surface area contributed by atoms with Crippen molar-refractivity contribution in [1.29, 1.82) is 0 Å². The summed E-state index contributed by atoms with van der Waals surface area (Å²) in [5.41, 5.74) is 6.50. The SMILES string of the molecule is O=C(Nc1ccc2c(ccn2CCO)c1)OCC1c2ccccc2-c2ccccc21. The number of aromatic nitrogens is 1. The second-order valence-electron chi connectivity index (χ2n) is 7.46. The van der Waals surface area contributed by atoms with E-state index in [1.165, 1.54) is 22.3 Å². The number of nitrogens with zero attached hydrogens (tertiary/aromatic N) is 1. The highest BCUT2D eigenvalue weighted by Crippen LogP contribution is 2.44. The molecule has 1 aromatic heterocycles. The predicted octanol–water partition coefficient (Wildman–Crippen LogP) is 4.99. The Morgan fingerprint density at radius 1 is 0.967 bits per heavy atom. The second-order valence-corrected chi connectivity index (χ2v) is 7.46. The summed E-state index contributed by atoms with van der Waals surface area (Å²) in [5.74, 6) is 0.0399. The number of rotatable bonds is 5. The maximum Gasteiger partial charge on any atom is 0.411 e. The summed E-state index contributed by atoms with van der Waals surface area (Å²) >= 11 is 0. The summed E-state index contributed by atoms with van der Waals surface area (Å²) in [6, 6.07) is 24.2. The van der Waals surface area contributed by atoms with Gasteiger partial charge in [0.05, 0.1) is 6.61 Å². The van der Waals surface area contributed by atoms with Crippen LogP contribution in [0.3, 0.4) is 0 Å². The smallest absolute Gasteiger partial charge is 0.411 e. The van der Waals surface area contributed by atoms with Crippen LogP contribution in [-0.2, 0) is 11.3 Å². The first kappa shape index (κ1) is 18.5. The predicted molar refractivity (Wildman–Crippen MR) is 118 cm³/mol. The normalized spacial score (nSPS) is 12.6. The molecule has 0 fully saturated rings. The Balaban J connectivity index is 1.29. The average Bonchev–Trinajstić information content (AvgIpc) is 3.31. The van der Waals surface area contributed by atoms with E-state index >= 15 is 0 Å². The lowest BCUT2D eigenvalue weighted by Crippen LogP contribution is -2.17. The van der Waals surface area contributed by atoms with Gasteiger partial charge in [0.15, 0.2) is 0 Å². The largest absolute Gasteiger partial charge is 0.448 e. The monoisotopic (exact) mass is 398 g/mol. The molecule has 3 aromatic carbocycles. The standard InChI is InChI=1S/C25H22N2O3/c28-14-13-27-12-11-17-15-18(9-10-24(17)27)26-25(29)30-16-23-21-7-3-1-5-19(21)20-6-2-4-8-22(20)23/h1-12,15,23,28H,13-14,16H2,(H,26,29). The zero-order valence-corrected chi connectivity index (χ0v) is 16.4. The third-order valence-electron chi connectivity index (χ3n) is 5.70. The minimum absolute atomic E-state index is 0.0399. The molecule has 30 heavy (non-hydrogen) atoms. The van der Waals surface area contributed by atoms with E-state index in [2.05, 4.69) is 29.6 Å². The molecule has 0 bridgehead atoms. The molecule has 1 heterocycles. The number of ether oxygens (including phenoxy) is 1. The number of anilines is 1. The lowest BCUT2D eigenvalue weighted by atomic mass is 9.98. The maximum absolute atomic E-state index is 12.5. The molecular weight excluding hydrogens is 376 g/mol. The van der Waals surface area contributed by atoms with Gasteiger partial charge in [0.25, 0.3) is 0 Å². The van der Waals surface area contributed by atoms with Gasteiger partial charge < -0.3 is 14.4 Å². The van der Waals surface area contributed by atoms with E-state index in [4.69, 9.17) is 9.84 Å². The van der Waals surface area contributed by atoms with Crippen molar-refractivity contribution in [3.63, 3.8) is 0 Å². The van der Waals surface area contributed by atoms with Crippen molar-refractivity contribution < 1.29 is 14.6 Å². The van der Waals surface area contributed by atoms with Crippen molar-refractivity contribution in [3.05, 3.63) is 90.1 Å². The van der Waals surface area contributed by atoms with E-state index < -0.39 is 6.09 Å². The van der Waals surface area contributed by atoms with Crippen LogP contribution in [0.4, 0.5) is 10.5 Å². The topological polar surface area (TPSA) is 63.5 Å². The molecule has 150 valence electrons. The maximum atomic E-state index is 12.5. The van der Waals surface area contributed by atoms with Crippen molar-refractivity contribution in [1.82, 2.24) is 4.57 Å². The quantitative estimate of drug-likeness (QED) is 0.498. The fraction of sp³-hybridized carbons (Fsp3) is 0.160. The molecule has 5 heteroatoms. The molecule has 0 unspecified atom stereocenters. The van der Waals surface area contributed by atoms with Crippen LogP contribution in [0.25, 0.3) is 22.0 Å². The molecule has 2 N–H and O–H groups in total. The van der Waals surface area contributed by atoms with Gasteiger partial charge in [-0.15, -0.1) is 0 Å². The van der Waals surface area contributed by atoms with Crippen molar-refractivity contribution in [2.75, 3.05) is 18.5 Å². The van der Waals surface area contributed by atoms with Crippen LogP contribution in [0.15, 0.2) is 79.0 Å². The minimum Gasteiger partial charge on any atom is -0.448 e. The molecule has 5 rings (SSSR count). The highest BCUT2D eigenvalue weighted by atomic mass is 16.5. The summed E-state index contributed by atoms with van der Waals surface area (Å²) in [4.78, 5) is 12.5. The molecule has 5 nitrogen and oxygen atoms in total. The molecule has 0 aliphatic heterocycles. The Bertz CT molecular complexity index is 1180. The van der Waals surface area contributed by atoms with Gasteiger partial charge in [-0.3, -0.25) is 5.32 Å². The Hall–Kier alpha value is -3.57. The average molecular weight is 398 g/mol. The number of hydrogen-bond donors (Lipinski definition) is 2. The molecular formula is C25H22N2O3. The summed E-state index contributed by atoms with van der Waals surface area (Å²) < 4.78 is 7.59. The van der Waals surface area contributed by atoms with E-state index in [0.29, 0.717) is 12.2 Å². The van der Waals surface area contributed by atoms with Crippen molar-refractivity contribution in [3.8, 4) is 11.1 Å². The number of fused-ring (bicyclic) bond motifs is 4. The minimum atomic E-state index is -0.467. The molecule has 0 radical (unpaired) electrons. The Labute approximate surface area is 174 Å². The third kappa shape index (κ3) is 3.23. The van der Waals surface area contributed by atoms with Crippen LogP contribution in [0.2, 0.25) is 0 Å². The number of hydrogen-bond acceptors (Lipinski definition) is 3. The number of benzene rings is 3. The van der Waals surface area contributed by atoms with E-state index in [0.717, 1.165) is 10.9 Å². The highest BCUT2D eigenvalue weighted by molar-refractivity contribution is 5.90. The molecule has 1 aliphatic carbocycles.